The van der Waals surface area contributed by atoms with E-state index in [0.717, 1.165) is 30.8 Å². The van der Waals surface area contributed by atoms with E-state index >= 15 is 0 Å². The van der Waals surface area contributed by atoms with E-state index in [0.29, 0.717) is 5.92 Å². The molecule has 2 aliphatic rings. The van der Waals surface area contributed by atoms with E-state index in [9.17, 15) is 0 Å². The third kappa shape index (κ3) is 3.98. The van der Waals surface area contributed by atoms with E-state index < -0.39 is 0 Å². The van der Waals surface area contributed by atoms with Gasteiger partial charge in [-0.05, 0) is 43.6 Å². The quantitative estimate of drug-likeness (QED) is 0.790. The normalized spacial score (nSPS) is 24.6. The smallest absolute Gasteiger partial charge is 0.185 e. The molecular formula is C17H29N3S. The van der Waals surface area contributed by atoms with Gasteiger partial charge in [0, 0.05) is 30.9 Å². The number of rotatable bonds is 8. The number of nitrogens with one attached hydrogen (secondary N) is 1. The maximum absolute atomic E-state index is 4.98. The van der Waals surface area contributed by atoms with Gasteiger partial charge in [0.2, 0.25) is 0 Å². The largest absolute Gasteiger partial charge is 0.351 e. The van der Waals surface area contributed by atoms with Gasteiger partial charge in [-0.3, -0.25) is 0 Å². The Morgan fingerprint density at radius 3 is 2.67 bits per heavy atom. The lowest BCUT2D eigenvalue weighted by molar-refractivity contribution is 0.553. The summed E-state index contributed by atoms with van der Waals surface area (Å²) < 4.78 is 0. The van der Waals surface area contributed by atoms with Crippen molar-refractivity contribution >= 4 is 16.5 Å². The van der Waals surface area contributed by atoms with Crippen LogP contribution >= 0.6 is 11.3 Å². The molecule has 1 heterocycles. The summed E-state index contributed by atoms with van der Waals surface area (Å²) in [5.74, 6) is 3.27. The topological polar surface area (TPSA) is 28.2 Å². The molecule has 1 aromatic heterocycles. The zero-order chi connectivity index (χ0) is 15.0. The van der Waals surface area contributed by atoms with Gasteiger partial charge in [0.25, 0.3) is 0 Å². The molecule has 0 aromatic carbocycles. The highest BCUT2D eigenvalue weighted by Gasteiger charge is 2.35. The first-order valence-electron chi connectivity index (χ1n) is 8.46. The molecule has 2 unspecified atom stereocenters. The second kappa shape index (κ2) is 6.25. The van der Waals surface area contributed by atoms with E-state index in [4.69, 9.17) is 4.98 Å². The molecule has 0 radical (unpaired) electrons. The van der Waals surface area contributed by atoms with Crippen molar-refractivity contribution in [2.24, 2.45) is 17.8 Å². The maximum atomic E-state index is 4.98. The fourth-order valence-corrected chi connectivity index (χ4v) is 3.96. The molecular weight excluding hydrogens is 278 g/mol. The first-order chi connectivity index (χ1) is 10.0. The predicted octanol–water partition coefficient (Wildman–Crippen LogP) is 3.86. The van der Waals surface area contributed by atoms with Crippen LogP contribution in [0.4, 0.5) is 5.13 Å². The van der Waals surface area contributed by atoms with E-state index in [-0.39, 0.29) is 0 Å². The molecule has 118 valence electrons. The van der Waals surface area contributed by atoms with Crippen LogP contribution in [-0.2, 0) is 6.54 Å². The average molecular weight is 308 g/mol. The Morgan fingerprint density at radius 1 is 1.38 bits per heavy atom. The summed E-state index contributed by atoms with van der Waals surface area (Å²) >= 11 is 1.91. The van der Waals surface area contributed by atoms with Gasteiger partial charge in [-0.1, -0.05) is 20.8 Å². The van der Waals surface area contributed by atoms with Gasteiger partial charge in [0.05, 0.1) is 5.69 Å². The monoisotopic (exact) mass is 307 g/mol. The molecule has 2 atom stereocenters. The Bertz CT molecular complexity index is 478. The number of anilines is 1. The number of thiazole rings is 1. The molecule has 0 amide bonds. The lowest BCUT2D eigenvalue weighted by atomic mass is 10.2. The fraction of sp³-hybridized carbons (Fsp3) is 0.824. The lowest BCUT2D eigenvalue weighted by Gasteiger charge is -2.15. The Kier molecular flexibility index (Phi) is 4.55. The minimum Gasteiger partial charge on any atom is -0.351 e. The molecule has 3 nitrogen and oxygen atoms in total. The third-order valence-electron chi connectivity index (χ3n) is 4.63. The Hall–Kier alpha value is -0.610. The van der Waals surface area contributed by atoms with Crippen LogP contribution in [0.2, 0.25) is 0 Å². The van der Waals surface area contributed by atoms with Crippen LogP contribution in [0.1, 0.15) is 56.5 Å². The highest BCUT2D eigenvalue weighted by molar-refractivity contribution is 7.15. The fourth-order valence-electron chi connectivity index (χ4n) is 2.87. The van der Waals surface area contributed by atoms with Gasteiger partial charge >= 0.3 is 0 Å². The summed E-state index contributed by atoms with van der Waals surface area (Å²) in [5, 5.41) is 4.82. The number of hydrogen-bond donors (Lipinski definition) is 1. The van der Waals surface area contributed by atoms with E-state index in [2.05, 4.69) is 38.0 Å². The molecule has 1 aromatic rings. The summed E-state index contributed by atoms with van der Waals surface area (Å²) in [6.07, 6.45) is 4.07. The summed E-state index contributed by atoms with van der Waals surface area (Å²) in [6, 6.07) is 0. The standard InChI is InChI=1S/C17H29N3S/c1-11(2)8-18-9-15-16(13-5-6-13)19-17(21-15)20(4)10-14-7-12(14)3/h11-14,18H,5-10H2,1-4H3. The van der Waals surface area contributed by atoms with E-state index in [1.54, 1.807) is 0 Å². The second-order valence-electron chi connectivity index (χ2n) is 7.46. The minimum atomic E-state index is 0.709. The van der Waals surface area contributed by atoms with Crippen molar-refractivity contribution in [1.29, 1.82) is 0 Å². The molecule has 2 aliphatic carbocycles. The molecule has 0 spiro atoms. The predicted molar refractivity (Wildman–Crippen MR) is 91.2 cm³/mol. The van der Waals surface area contributed by atoms with Gasteiger partial charge in [-0.15, -0.1) is 11.3 Å². The average Bonchev–Trinajstić information content (AvgIpc) is 3.33. The maximum Gasteiger partial charge on any atom is 0.185 e. The van der Waals surface area contributed by atoms with Crippen LogP contribution in [0.3, 0.4) is 0 Å². The van der Waals surface area contributed by atoms with Crippen molar-refractivity contribution in [2.75, 3.05) is 25.0 Å². The molecule has 3 rings (SSSR count). The molecule has 2 saturated carbocycles. The summed E-state index contributed by atoms with van der Waals surface area (Å²) in [6.45, 7) is 10.1. The van der Waals surface area contributed by atoms with Crippen molar-refractivity contribution in [2.45, 2.75) is 52.5 Å². The van der Waals surface area contributed by atoms with Crippen LogP contribution < -0.4 is 10.2 Å². The molecule has 0 saturated heterocycles. The van der Waals surface area contributed by atoms with Gasteiger partial charge in [0.15, 0.2) is 5.13 Å². The van der Waals surface area contributed by atoms with Crippen molar-refractivity contribution in [3.8, 4) is 0 Å². The summed E-state index contributed by atoms with van der Waals surface area (Å²) in [7, 11) is 2.21. The van der Waals surface area contributed by atoms with Crippen LogP contribution in [0.15, 0.2) is 0 Å². The first-order valence-corrected chi connectivity index (χ1v) is 9.27. The highest BCUT2D eigenvalue weighted by atomic mass is 32.1. The van der Waals surface area contributed by atoms with Gasteiger partial charge < -0.3 is 10.2 Å². The molecule has 0 aliphatic heterocycles. The number of nitrogens with zero attached hydrogens (tertiary/aromatic N) is 2. The zero-order valence-electron chi connectivity index (χ0n) is 13.9. The van der Waals surface area contributed by atoms with Crippen LogP contribution in [0.25, 0.3) is 0 Å². The number of aromatic nitrogens is 1. The van der Waals surface area contributed by atoms with Crippen molar-refractivity contribution in [3.05, 3.63) is 10.6 Å². The Balaban J connectivity index is 1.64. The van der Waals surface area contributed by atoms with Crippen molar-refractivity contribution < 1.29 is 0 Å². The molecule has 21 heavy (non-hydrogen) atoms. The van der Waals surface area contributed by atoms with Gasteiger partial charge in [-0.2, -0.15) is 0 Å². The molecule has 4 heteroatoms. The van der Waals surface area contributed by atoms with Crippen molar-refractivity contribution in [3.63, 3.8) is 0 Å². The zero-order valence-corrected chi connectivity index (χ0v) is 14.7. The van der Waals surface area contributed by atoms with E-state index in [1.807, 2.05) is 11.3 Å². The Morgan fingerprint density at radius 2 is 2.10 bits per heavy atom. The van der Waals surface area contributed by atoms with Crippen LogP contribution in [0.5, 0.6) is 0 Å². The highest BCUT2D eigenvalue weighted by Crippen LogP contribution is 2.45. The van der Waals surface area contributed by atoms with Crippen LogP contribution in [-0.4, -0.2) is 25.1 Å². The molecule has 2 fully saturated rings. The molecule has 1 N–H and O–H groups in total. The lowest BCUT2D eigenvalue weighted by Crippen LogP contribution is -2.20. The van der Waals surface area contributed by atoms with Gasteiger partial charge in [0.1, 0.15) is 0 Å². The van der Waals surface area contributed by atoms with Gasteiger partial charge in [-0.25, -0.2) is 4.98 Å². The second-order valence-corrected chi connectivity index (χ2v) is 8.52. The minimum absolute atomic E-state index is 0.709. The summed E-state index contributed by atoms with van der Waals surface area (Å²) in [4.78, 5) is 8.84. The van der Waals surface area contributed by atoms with E-state index in [1.165, 1.54) is 41.5 Å². The number of hydrogen-bond acceptors (Lipinski definition) is 4. The third-order valence-corrected chi connectivity index (χ3v) is 5.81. The first kappa shape index (κ1) is 15.3. The summed E-state index contributed by atoms with van der Waals surface area (Å²) in [5.41, 5.74) is 1.39. The molecule has 0 bridgehead atoms. The Labute approximate surface area is 133 Å². The van der Waals surface area contributed by atoms with Crippen LogP contribution in [0, 0.1) is 17.8 Å². The SMILES string of the molecule is CC(C)CNCc1sc(N(C)CC2CC2C)nc1C1CC1. The van der Waals surface area contributed by atoms with Crippen molar-refractivity contribution in [1.82, 2.24) is 10.3 Å².